The zero-order valence-corrected chi connectivity index (χ0v) is 9.96. The fraction of sp³-hybridized carbons (Fsp3) is 0.467. The average Bonchev–Trinajstić information content (AvgIpc) is 2.16. The minimum Gasteiger partial charge on any atom is -0.0780 e. The van der Waals surface area contributed by atoms with Gasteiger partial charge in [0.15, 0.2) is 0 Å². The molecule has 1 atom stereocenters. The molecule has 0 amide bonds. The second-order valence-electron chi connectivity index (χ2n) is 5.58. The Labute approximate surface area is 93.0 Å². The maximum absolute atomic E-state index is 2.45. The van der Waals surface area contributed by atoms with E-state index in [0.717, 1.165) is 0 Å². The summed E-state index contributed by atoms with van der Waals surface area (Å²) in [5.41, 5.74) is 3.46. The minimum atomic E-state index is 0.458. The summed E-state index contributed by atoms with van der Waals surface area (Å²) in [6, 6.07) is 10.9. The molecular weight excluding hydrogens is 180 g/mol. The quantitative estimate of drug-likeness (QED) is 0.584. The summed E-state index contributed by atoms with van der Waals surface area (Å²) in [5, 5.41) is 0. The van der Waals surface area contributed by atoms with Gasteiger partial charge < -0.3 is 0 Å². The van der Waals surface area contributed by atoms with Gasteiger partial charge in [0.05, 0.1) is 0 Å². The Morgan fingerprint density at radius 2 is 1.80 bits per heavy atom. The Morgan fingerprint density at radius 1 is 1.13 bits per heavy atom. The number of hydrogen-bond acceptors (Lipinski definition) is 0. The van der Waals surface area contributed by atoms with E-state index in [1.54, 1.807) is 5.57 Å². The van der Waals surface area contributed by atoms with Crippen molar-refractivity contribution in [2.24, 2.45) is 5.41 Å². The van der Waals surface area contributed by atoms with Gasteiger partial charge in [0.25, 0.3) is 0 Å². The Kier molecular flexibility index (Phi) is 2.68. The topological polar surface area (TPSA) is 0 Å². The van der Waals surface area contributed by atoms with E-state index in [0.29, 0.717) is 11.3 Å². The zero-order valence-electron chi connectivity index (χ0n) is 9.96. The van der Waals surface area contributed by atoms with Crippen LogP contribution >= 0.6 is 0 Å². The first-order valence-corrected chi connectivity index (χ1v) is 5.79. The number of hydrogen-bond donors (Lipinski definition) is 0. The van der Waals surface area contributed by atoms with Crippen molar-refractivity contribution in [1.82, 2.24) is 0 Å². The van der Waals surface area contributed by atoms with Gasteiger partial charge in [-0.15, -0.1) is 0 Å². The van der Waals surface area contributed by atoms with Crippen LogP contribution in [0, 0.1) is 5.41 Å². The monoisotopic (exact) mass is 200 g/mol. The van der Waals surface area contributed by atoms with Crippen LogP contribution < -0.4 is 0 Å². The number of rotatable bonds is 1. The van der Waals surface area contributed by atoms with Crippen molar-refractivity contribution in [3.63, 3.8) is 0 Å². The van der Waals surface area contributed by atoms with E-state index in [4.69, 9.17) is 0 Å². The second-order valence-corrected chi connectivity index (χ2v) is 5.58. The van der Waals surface area contributed by atoms with Crippen LogP contribution in [0.3, 0.4) is 0 Å². The van der Waals surface area contributed by atoms with Crippen molar-refractivity contribution in [3.8, 4) is 0 Å². The first kappa shape index (κ1) is 10.5. The molecule has 15 heavy (non-hydrogen) atoms. The predicted molar refractivity (Wildman–Crippen MR) is 66.0 cm³/mol. The third-order valence-corrected chi connectivity index (χ3v) is 3.24. The highest BCUT2D eigenvalue weighted by atomic mass is 14.3. The molecule has 1 aliphatic rings. The maximum Gasteiger partial charge on any atom is 0.00257 e. The average molecular weight is 200 g/mol. The smallest absolute Gasteiger partial charge is 0.00257 e. The first-order valence-electron chi connectivity index (χ1n) is 5.79. The van der Waals surface area contributed by atoms with E-state index in [9.17, 15) is 0 Å². The number of benzene rings is 1. The van der Waals surface area contributed by atoms with Crippen molar-refractivity contribution < 1.29 is 0 Å². The Morgan fingerprint density at radius 3 is 2.40 bits per heavy atom. The molecule has 0 fully saturated rings. The molecule has 80 valence electrons. The SMILES string of the molecule is CC1=CC(c2ccccc2)CC(C)(C)C1. The lowest BCUT2D eigenvalue weighted by Gasteiger charge is -2.34. The van der Waals surface area contributed by atoms with Gasteiger partial charge >= 0.3 is 0 Å². The molecule has 0 heteroatoms. The summed E-state index contributed by atoms with van der Waals surface area (Å²) >= 11 is 0. The molecule has 0 nitrogen and oxygen atoms in total. The lowest BCUT2D eigenvalue weighted by atomic mass is 9.71. The highest BCUT2D eigenvalue weighted by molar-refractivity contribution is 5.27. The van der Waals surface area contributed by atoms with E-state index in [2.05, 4.69) is 57.2 Å². The molecule has 1 aromatic carbocycles. The molecule has 0 saturated heterocycles. The van der Waals surface area contributed by atoms with Crippen LogP contribution in [-0.4, -0.2) is 0 Å². The van der Waals surface area contributed by atoms with Gasteiger partial charge in [0.1, 0.15) is 0 Å². The molecule has 0 heterocycles. The van der Waals surface area contributed by atoms with E-state index in [1.165, 1.54) is 18.4 Å². The summed E-state index contributed by atoms with van der Waals surface area (Å²) in [7, 11) is 0. The fourth-order valence-electron chi connectivity index (χ4n) is 2.80. The molecule has 0 spiro atoms. The third kappa shape index (κ3) is 2.50. The predicted octanol–water partition coefficient (Wildman–Crippen LogP) is 4.54. The first-order chi connectivity index (χ1) is 7.07. The summed E-state index contributed by atoms with van der Waals surface area (Å²) in [5.74, 6) is 0.620. The van der Waals surface area contributed by atoms with Gasteiger partial charge in [0.2, 0.25) is 0 Å². The molecule has 0 bridgehead atoms. The molecule has 2 rings (SSSR count). The molecule has 0 saturated carbocycles. The van der Waals surface area contributed by atoms with Crippen LogP contribution in [-0.2, 0) is 0 Å². The van der Waals surface area contributed by atoms with Crippen LogP contribution in [0.4, 0.5) is 0 Å². The van der Waals surface area contributed by atoms with Crippen LogP contribution in [0.25, 0.3) is 0 Å². The molecular formula is C15H20. The molecule has 0 aliphatic heterocycles. The zero-order chi connectivity index (χ0) is 10.9. The summed E-state index contributed by atoms with van der Waals surface area (Å²) in [4.78, 5) is 0. The Hall–Kier alpha value is -1.04. The second kappa shape index (κ2) is 3.84. The normalized spacial score (nSPS) is 24.7. The fourth-order valence-corrected chi connectivity index (χ4v) is 2.80. The van der Waals surface area contributed by atoms with Crippen molar-refractivity contribution in [2.45, 2.75) is 39.5 Å². The van der Waals surface area contributed by atoms with E-state index < -0.39 is 0 Å². The van der Waals surface area contributed by atoms with Crippen molar-refractivity contribution in [2.75, 3.05) is 0 Å². The molecule has 0 N–H and O–H groups in total. The minimum absolute atomic E-state index is 0.458. The third-order valence-electron chi connectivity index (χ3n) is 3.24. The van der Waals surface area contributed by atoms with Crippen LogP contribution in [0.2, 0.25) is 0 Å². The van der Waals surface area contributed by atoms with Gasteiger partial charge in [0, 0.05) is 5.92 Å². The van der Waals surface area contributed by atoms with Crippen LogP contribution in [0.5, 0.6) is 0 Å². The van der Waals surface area contributed by atoms with Gasteiger partial charge in [-0.1, -0.05) is 55.8 Å². The number of allylic oxidation sites excluding steroid dienone is 2. The van der Waals surface area contributed by atoms with Crippen LogP contribution in [0.15, 0.2) is 42.0 Å². The van der Waals surface area contributed by atoms with Crippen LogP contribution in [0.1, 0.15) is 45.1 Å². The molecule has 0 radical (unpaired) electrons. The van der Waals surface area contributed by atoms with Crippen molar-refractivity contribution in [1.29, 1.82) is 0 Å². The van der Waals surface area contributed by atoms with E-state index in [-0.39, 0.29) is 0 Å². The van der Waals surface area contributed by atoms with Gasteiger partial charge in [-0.25, -0.2) is 0 Å². The van der Waals surface area contributed by atoms with Gasteiger partial charge in [-0.2, -0.15) is 0 Å². The Balaban J connectivity index is 2.28. The summed E-state index contributed by atoms with van der Waals surface area (Å²) in [6.45, 7) is 7.01. The molecule has 1 unspecified atom stereocenters. The highest BCUT2D eigenvalue weighted by Gasteiger charge is 2.27. The maximum atomic E-state index is 2.45. The molecule has 1 aliphatic carbocycles. The lowest BCUT2D eigenvalue weighted by Crippen LogP contribution is -2.20. The van der Waals surface area contributed by atoms with Gasteiger partial charge in [-0.3, -0.25) is 0 Å². The van der Waals surface area contributed by atoms with Crippen molar-refractivity contribution in [3.05, 3.63) is 47.5 Å². The largest absolute Gasteiger partial charge is 0.0780 e. The summed E-state index contributed by atoms with van der Waals surface area (Å²) < 4.78 is 0. The van der Waals surface area contributed by atoms with E-state index in [1.807, 2.05) is 0 Å². The van der Waals surface area contributed by atoms with Gasteiger partial charge in [-0.05, 0) is 30.7 Å². The highest BCUT2D eigenvalue weighted by Crippen LogP contribution is 2.42. The lowest BCUT2D eigenvalue weighted by molar-refractivity contribution is 0.301. The standard InChI is InChI=1S/C15H20/c1-12-9-14(11-15(2,3)10-12)13-7-5-4-6-8-13/h4-9,14H,10-11H2,1-3H3. The molecule has 1 aromatic rings. The molecule has 0 aromatic heterocycles. The Bertz CT molecular complexity index is 357. The van der Waals surface area contributed by atoms with Crippen molar-refractivity contribution >= 4 is 0 Å². The summed E-state index contributed by atoms with van der Waals surface area (Å²) in [6.07, 6.45) is 4.96. The van der Waals surface area contributed by atoms with E-state index >= 15 is 0 Å².